The molecule has 2 aromatic heterocycles. The zero-order chi connectivity index (χ0) is 12.5. The van der Waals surface area contributed by atoms with Crippen LogP contribution in [0.3, 0.4) is 0 Å². The van der Waals surface area contributed by atoms with Crippen LogP contribution < -0.4 is 5.43 Å². The molecule has 0 aliphatic carbocycles. The van der Waals surface area contributed by atoms with Crippen LogP contribution in [0.15, 0.2) is 50.2 Å². The first kappa shape index (κ1) is 10.8. The van der Waals surface area contributed by atoms with Gasteiger partial charge in [0.2, 0.25) is 5.43 Å². The highest BCUT2D eigenvalue weighted by atomic mass is 16.4. The highest BCUT2D eigenvalue weighted by Crippen LogP contribution is 2.22. The molecule has 0 bridgehead atoms. The van der Waals surface area contributed by atoms with Gasteiger partial charge < -0.3 is 8.83 Å². The smallest absolute Gasteiger partial charge is 0.201 e. The second kappa shape index (κ2) is 4.18. The average Bonchev–Trinajstić information content (AvgIpc) is 2.92. The van der Waals surface area contributed by atoms with Crippen molar-refractivity contribution in [2.24, 2.45) is 0 Å². The van der Waals surface area contributed by atoms with Gasteiger partial charge in [0.25, 0.3) is 0 Å². The Labute approximate surface area is 104 Å². The van der Waals surface area contributed by atoms with Gasteiger partial charge in [-0.05, 0) is 36.2 Å². The fraction of sp³-hybridized carbons (Fsp3) is 0.133. The quantitative estimate of drug-likeness (QED) is 0.688. The van der Waals surface area contributed by atoms with Crippen molar-refractivity contribution in [2.45, 2.75) is 13.3 Å². The van der Waals surface area contributed by atoms with Crippen LogP contribution in [-0.2, 0) is 6.42 Å². The van der Waals surface area contributed by atoms with E-state index in [1.165, 1.54) is 6.26 Å². The molecule has 0 aliphatic rings. The van der Waals surface area contributed by atoms with Crippen LogP contribution >= 0.6 is 0 Å². The molecule has 3 rings (SSSR count). The molecule has 0 unspecified atom stereocenters. The summed E-state index contributed by atoms with van der Waals surface area (Å²) in [7, 11) is 0. The first-order chi connectivity index (χ1) is 8.78. The number of rotatable bonds is 2. The third-order valence-corrected chi connectivity index (χ3v) is 2.88. The van der Waals surface area contributed by atoms with E-state index < -0.39 is 0 Å². The van der Waals surface area contributed by atoms with Crippen molar-refractivity contribution in [3.63, 3.8) is 0 Å². The predicted octanol–water partition coefficient (Wildman–Crippen LogP) is 3.42. The van der Waals surface area contributed by atoms with E-state index in [0.29, 0.717) is 22.5 Å². The largest absolute Gasteiger partial charge is 0.461 e. The van der Waals surface area contributed by atoms with Gasteiger partial charge in [-0.25, -0.2) is 0 Å². The summed E-state index contributed by atoms with van der Waals surface area (Å²) in [6, 6.07) is 11.8. The highest BCUT2D eigenvalue weighted by Gasteiger charge is 2.09. The minimum Gasteiger partial charge on any atom is -0.461 e. The minimum absolute atomic E-state index is 0.169. The van der Waals surface area contributed by atoms with Gasteiger partial charge in [0, 0.05) is 0 Å². The Morgan fingerprint density at radius 1 is 1.28 bits per heavy atom. The molecule has 0 saturated heterocycles. The molecule has 89 valence electrons. The Morgan fingerprint density at radius 3 is 2.89 bits per heavy atom. The van der Waals surface area contributed by atoms with Crippen LogP contribution in [0.5, 0.6) is 0 Å². The molecule has 0 fully saturated rings. The molecule has 1 radical (unpaired) electrons. The van der Waals surface area contributed by atoms with Gasteiger partial charge in [-0.3, -0.25) is 4.79 Å². The molecule has 3 nitrogen and oxygen atoms in total. The molecule has 3 heteroatoms. The number of aryl methyl sites for hydroxylation is 1. The molecule has 0 aliphatic heterocycles. The summed E-state index contributed by atoms with van der Waals surface area (Å²) in [4.78, 5) is 12.0. The van der Waals surface area contributed by atoms with Gasteiger partial charge in [-0.15, -0.1) is 0 Å². The standard InChI is InChI=1S/C15H11O3/c1-2-10-5-6-13-11(8-10)12(16)9-15(18-13)14-4-3-7-17-14/h3-8H,2H2,1H3. The predicted molar refractivity (Wildman–Crippen MR) is 68.4 cm³/mol. The van der Waals surface area contributed by atoms with Gasteiger partial charge in [0.1, 0.15) is 5.58 Å². The zero-order valence-electron chi connectivity index (χ0n) is 9.90. The number of hydrogen-bond donors (Lipinski definition) is 0. The Morgan fingerprint density at radius 2 is 2.17 bits per heavy atom. The molecular formula is C15H11O3. The van der Waals surface area contributed by atoms with Crippen molar-refractivity contribution in [3.05, 3.63) is 58.4 Å². The van der Waals surface area contributed by atoms with E-state index in [4.69, 9.17) is 8.83 Å². The van der Waals surface area contributed by atoms with Crippen LogP contribution in [0.25, 0.3) is 22.5 Å². The molecule has 0 N–H and O–H groups in total. The average molecular weight is 239 g/mol. The second-order valence-electron chi connectivity index (χ2n) is 4.05. The lowest BCUT2D eigenvalue weighted by molar-refractivity contribution is 0.536. The molecule has 1 aromatic carbocycles. The summed E-state index contributed by atoms with van der Waals surface area (Å²) in [5.74, 6) is 0.843. The van der Waals surface area contributed by atoms with Crippen LogP contribution in [0.4, 0.5) is 0 Å². The third-order valence-electron chi connectivity index (χ3n) is 2.88. The summed E-state index contributed by atoms with van der Waals surface area (Å²) >= 11 is 0. The van der Waals surface area contributed by atoms with Crippen molar-refractivity contribution in [3.8, 4) is 11.5 Å². The number of benzene rings is 1. The lowest BCUT2D eigenvalue weighted by atomic mass is 10.1. The topological polar surface area (TPSA) is 43.4 Å². The summed E-state index contributed by atoms with van der Waals surface area (Å²) in [6.07, 6.45) is 2.42. The Balaban J connectivity index is 2.26. The minimum atomic E-state index is -0.169. The molecule has 0 spiro atoms. The summed E-state index contributed by atoms with van der Waals surface area (Å²) < 4.78 is 10.8. The molecule has 2 heterocycles. The van der Waals surface area contributed by atoms with E-state index in [9.17, 15) is 4.79 Å². The molecule has 18 heavy (non-hydrogen) atoms. The SMILES string of the molecule is CCc1ccc2oc(-c3ccco3)[c]c(=O)c2c1. The van der Waals surface area contributed by atoms with Gasteiger partial charge in [-0.2, -0.15) is 0 Å². The van der Waals surface area contributed by atoms with Crippen molar-refractivity contribution in [2.75, 3.05) is 0 Å². The van der Waals surface area contributed by atoms with E-state index >= 15 is 0 Å². The maximum atomic E-state index is 12.0. The van der Waals surface area contributed by atoms with Crippen molar-refractivity contribution in [1.29, 1.82) is 0 Å². The lowest BCUT2D eigenvalue weighted by Gasteiger charge is -2.02. The van der Waals surface area contributed by atoms with Crippen LogP contribution in [0.2, 0.25) is 0 Å². The first-order valence-electron chi connectivity index (χ1n) is 5.81. The summed E-state index contributed by atoms with van der Waals surface area (Å²) in [6.45, 7) is 2.05. The summed E-state index contributed by atoms with van der Waals surface area (Å²) in [5.41, 5.74) is 1.49. The Kier molecular flexibility index (Phi) is 2.52. The van der Waals surface area contributed by atoms with Gasteiger partial charge in [-0.1, -0.05) is 13.0 Å². The summed E-state index contributed by atoms with van der Waals surface area (Å²) in [5, 5.41) is 0.560. The van der Waals surface area contributed by atoms with E-state index in [-0.39, 0.29) is 5.43 Å². The first-order valence-corrected chi connectivity index (χ1v) is 5.81. The molecule has 0 amide bonds. The van der Waals surface area contributed by atoms with E-state index in [1.807, 2.05) is 25.1 Å². The second-order valence-corrected chi connectivity index (χ2v) is 4.05. The fourth-order valence-corrected chi connectivity index (χ4v) is 1.89. The maximum absolute atomic E-state index is 12.0. The maximum Gasteiger partial charge on any atom is 0.201 e. The van der Waals surface area contributed by atoms with Crippen LogP contribution in [0.1, 0.15) is 12.5 Å². The van der Waals surface area contributed by atoms with Gasteiger partial charge in [0.15, 0.2) is 11.5 Å². The normalized spacial score (nSPS) is 10.9. The molecular weight excluding hydrogens is 228 g/mol. The Bertz CT molecular complexity index is 736. The zero-order valence-corrected chi connectivity index (χ0v) is 9.90. The van der Waals surface area contributed by atoms with Crippen LogP contribution in [0, 0.1) is 6.07 Å². The van der Waals surface area contributed by atoms with E-state index in [0.717, 1.165) is 12.0 Å². The lowest BCUT2D eigenvalue weighted by Crippen LogP contribution is -2.01. The van der Waals surface area contributed by atoms with Crippen LogP contribution in [-0.4, -0.2) is 0 Å². The fourth-order valence-electron chi connectivity index (χ4n) is 1.89. The third kappa shape index (κ3) is 1.74. The van der Waals surface area contributed by atoms with Gasteiger partial charge >= 0.3 is 0 Å². The molecule has 0 saturated carbocycles. The number of fused-ring (bicyclic) bond motifs is 1. The molecule has 0 atom stereocenters. The Hall–Kier alpha value is -2.29. The van der Waals surface area contributed by atoms with Crippen molar-refractivity contribution in [1.82, 2.24) is 0 Å². The van der Waals surface area contributed by atoms with Crippen molar-refractivity contribution >= 4 is 11.0 Å². The monoisotopic (exact) mass is 239 g/mol. The van der Waals surface area contributed by atoms with E-state index in [1.54, 1.807) is 12.1 Å². The number of hydrogen-bond acceptors (Lipinski definition) is 3. The van der Waals surface area contributed by atoms with Gasteiger partial charge in [0.05, 0.1) is 17.7 Å². The number of furan rings is 1. The van der Waals surface area contributed by atoms with E-state index in [2.05, 4.69) is 6.07 Å². The van der Waals surface area contributed by atoms with Crippen molar-refractivity contribution < 1.29 is 8.83 Å². The molecule has 3 aromatic rings. The highest BCUT2D eigenvalue weighted by molar-refractivity contribution is 5.78.